The Balaban J connectivity index is 1.46. The number of piperidine rings is 1. The van der Waals surface area contributed by atoms with Crippen LogP contribution in [0.3, 0.4) is 0 Å². The van der Waals surface area contributed by atoms with E-state index in [0.29, 0.717) is 19.1 Å². The first-order valence-corrected chi connectivity index (χ1v) is 10.1. The van der Waals surface area contributed by atoms with Gasteiger partial charge in [0.15, 0.2) is 0 Å². The number of amides is 3. The van der Waals surface area contributed by atoms with E-state index in [4.69, 9.17) is 0 Å². The summed E-state index contributed by atoms with van der Waals surface area (Å²) in [5.41, 5.74) is 1.85. The molecule has 1 aromatic rings. The van der Waals surface area contributed by atoms with Gasteiger partial charge < -0.3 is 15.5 Å². The van der Waals surface area contributed by atoms with E-state index >= 15 is 0 Å². The zero-order valence-corrected chi connectivity index (χ0v) is 15.8. The first-order valence-electron chi connectivity index (χ1n) is 10.1. The fraction of sp³-hybridized carbons (Fsp3) is 0.619. The van der Waals surface area contributed by atoms with Crippen LogP contribution in [-0.2, 0) is 6.42 Å². The molecule has 3 rings (SSSR count). The Morgan fingerprint density at radius 1 is 0.962 bits per heavy atom. The van der Waals surface area contributed by atoms with Crippen molar-refractivity contribution in [2.45, 2.75) is 70.4 Å². The number of hydrogen-bond donors (Lipinski definition) is 2. The van der Waals surface area contributed by atoms with E-state index in [1.807, 2.05) is 29.2 Å². The summed E-state index contributed by atoms with van der Waals surface area (Å²) in [6.07, 6.45) is 8.43. The smallest absolute Gasteiger partial charge is 0.317 e. The van der Waals surface area contributed by atoms with Crippen molar-refractivity contribution >= 4 is 11.9 Å². The first kappa shape index (κ1) is 18.7. The second-order valence-electron chi connectivity index (χ2n) is 7.53. The minimum Gasteiger partial charge on any atom is -0.349 e. The summed E-state index contributed by atoms with van der Waals surface area (Å²) in [5, 5.41) is 6.34. The van der Waals surface area contributed by atoms with Crippen molar-refractivity contribution in [3.63, 3.8) is 0 Å². The molecule has 142 valence electrons. The summed E-state index contributed by atoms with van der Waals surface area (Å²) >= 11 is 0. The average molecular weight is 357 g/mol. The molecule has 3 amide bonds. The number of benzene rings is 1. The molecule has 26 heavy (non-hydrogen) atoms. The van der Waals surface area contributed by atoms with Crippen molar-refractivity contribution in [2.75, 3.05) is 13.1 Å². The highest BCUT2D eigenvalue weighted by Gasteiger charge is 2.26. The molecule has 1 saturated carbocycles. The van der Waals surface area contributed by atoms with Gasteiger partial charge in [0.05, 0.1) is 0 Å². The summed E-state index contributed by atoms with van der Waals surface area (Å²) in [6, 6.07) is 8.34. The van der Waals surface area contributed by atoms with Gasteiger partial charge in [-0.15, -0.1) is 0 Å². The van der Waals surface area contributed by atoms with Gasteiger partial charge in [0.25, 0.3) is 5.91 Å². The topological polar surface area (TPSA) is 61.4 Å². The molecule has 2 fully saturated rings. The van der Waals surface area contributed by atoms with Crippen molar-refractivity contribution in [3.8, 4) is 0 Å². The lowest BCUT2D eigenvalue weighted by Crippen LogP contribution is -2.51. The van der Waals surface area contributed by atoms with Crippen molar-refractivity contribution in [2.24, 2.45) is 0 Å². The predicted molar refractivity (Wildman–Crippen MR) is 103 cm³/mol. The number of rotatable bonds is 4. The molecule has 0 radical (unpaired) electrons. The summed E-state index contributed by atoms with van der Waals surface area (Å²) in [5.74, 6) is 0.00700. The van der Waals surface area contributed by atoms with Crippen LogP contribution in [0.2, 0.25) is 0 Å². The van der Waals surface area contributed by atoms with E-state index in [1.54, 1.807) is 0 Å². The minimum absolute atomic E-state index is 0.00700. The molecule has 0 bridgehead atoms. The number of urea groups is 1. The van der Waals surface area contributed by atoms with Gasteiger partial charge in [-0.25, -0.2) is 4.79 Å². The van der Waals surface area contributed by atoms with E-state index in [9.17, 15) is 9.59 Å². The van der Waals surface area contributed by atoms with E-state index in [-0.39, 0.29) is 18.0 Å². The molecule has 5 nitrogen and oxygen atoms in total. The lowest BCUT2D eigenvalue weighted by Gasteiger charge is -2.34. The fourth-order valence-electron chi connectivity index (χ4n) is 4.05. The van der Waals surface area contributed by atoms with Crippen LogP contribution >= 0.6 is 0 Å². The SMILES string of the molecule is CCc1ccccc1C(=O)NC1CCN(C(=O)NC2CCCCC2)CC1. The number of nitrogens with one attached hydrogen (secondary N) is 2. The Morgan fingerprint density at radius 3 is 2.31 bits per heavy atom. The Morgan fingerprint density at radius 2 is 1.62 bits per heavy atom. The van der Waals surface area contributed by atoms with Crippen LogP contribution in [0.15, 0.2) is 24.3 Å². The Hall–Kier alpha value is -2.04. The van der Waals surface area contributed by atoms with Gasteiger partial charge in [-0.3, -0.25) is 4.79 Å². The second-order valence-corrected chi connectivity index (χ2v) is 7.53. The molecule has 1 saturated heterocycles. The zero-order chi connectivity index (χ0) is 18.4. The van der Waals surface area contributed by atoms with Crippen LogP contribution in [0.1, 0.15) is 67.8 Å². The molecule has 1 aromatic carbocycles. The van der Waals surface area contributed by atoms with Gasteiger partial charge in [0.1, 0.15) is 0 Å². The van der Waals surface area contributed by atoms with Gasteiger partial charge in [-0.05, 0) is 43.7 Å². The summed E-state index contributed by atoms with van der Waals surface area (Å²) < 4.78 is 0. The second kappa shape index (κ2) is 9.06. The molecule has 1 heterocycles. The molecule has 0 unspecified atom stereocenters. The van der Waals surface area contributed by atoms with E-state index in [2.05, 4.69) is 17.6 Å². The van der Waals surface area contributed by atoms with Gasteiger partial charge >= 0.3 is 6.03 Å². The third kappa shape index (κ3) is 4.77. The largest absolute Gasteiger partial charge is 0.349 e. The molecular formula is C21H31N3O2. The predicted octanol–water partition coefficient (Wildman–Crippen LogP) is 3.49. The zero-order valence-electron chi connectivity index (χ0n) is 15.8. The maximum atomic E-state index is 12.6. The highest BCUT2D eigenvalue weighted by atomic mass is 16.2. The fourth-order valence-corrected chi connectivity index (χ4v) is 4.05. The summed E-state index contributed by atoms with van der Waals surface area (Å²) in [6.45, 7) is 3.48. The minimum atomic E-state index is 0.00700. The number of likely N-dealkylation sites (tertiary alicyclic amines) is 1. The van der Waals surface area contributed by atoms with Crippen LogP contribution in [0, 0.1) is 0 Å². The number of hydrogen-bond acceptors (Lipinski definition) is 2. The quantitative estimate of drug-likeness (QED) is 0.866. The van der Waals surface area contributed by atoms with Crippen molar-refractivity contribution in [1.82, 2.24) is 15.5 Å². The maximum absolute atomic E-state index is 12.6. The van der Waals surface area contributed by atoms with Crippen LogP contribution < -0.4 is 10.6 Å². The third-order valence-electron chi connectivity index (χ3n) is 5.69. The molecular weight excluding hydrogens is 326 g/mol. The van der Waals surface area contributed by atoms with Crippen LogP contribution in [0.25, 0.3) is 0 Å². The Bertz CT molecular complexity index is 617. The maximum Gasteiger partial charge on any atom is 0.317 e. The van der Waals surface area contributed by atoms with Gasteiger partial charge in [0.2, 0.25) is 0 Å². The van der Waals surface area contributed by atoms with Crippen LogP contribution in [-0.4, -0.2) is 42.0 Å². The molecule has 0 atom stereocenters. The van der Waals surface area contributed by atoms with Crippen LogP contribution in [0.4, 0.5) is 4.79 Å². The van der Waals surface area contributed by atoms with Crippen molar-refractivity contribution in [3.05, 3.63) is 35.4 Å². The Labute approximate surface area is 156 Å². The van der Waals surface area contributed by atoms with Gasteiger partial charge in [-0.1, -0.05) is 44.4 Å². The Kier molecular flexibility index (Phi) is 6.53. The first-order chi connectivity index (χ1) is 12.7. The normalized spacial score (nSPS) is 19.2. The number of aryl methyl sites for hydroxylation is 1. The molecule has 0 spiro atoms. The van der Waals surface area contributed by atoms with Crippen molar-refractivity contribution < 1.29 is 9.59 Å². The number of carbonyl (C=O) groups is 2. The lowest BCUT2D eigenvalue weighted by molar-refractivity contribution is 0.0916. The highest BCUT2D eigenvalue weighted by Crippen LogP contribution is 2.19. The van der Waals surface area contributed by atoms with Crippen LogP contribution in [0.5, 0.6) is 0 Å². The standard InChI is InChI=1S/C21H31N3O2/c1-2-16-8-6-7-11-19(16)20(25)22-18-12-14-24(15-13-18)21(26)23-17-9-4-3-5-10-17/h6-8,11,17-18H,2-5,9-10,12-15H2,1H3,(H,22,25)(H,23,26). The molecule has 0 aromatic heterocycles. The highest BCUT2D eigenvalue weighted by molar-refractivity contribution is 5.95. The number of nitrogens with zero attached hydrogens (tertiary/aromatic N) is 1. The van der Waals surface area contributed by atoms with Gasteiger partial charge in [-0.2, -0.15) is 0 Å². The molecule has 1 aliphatic heterocycles. The summed E-state index contributed by atoms with van der Waals surface area (Å²) in [4.78, 5) is 26.9. The lowest BCUT2D eigenvalue weighted by atomic mass is 9.95. The van der Waals surface area contributed by atoms with Crippen molar-refractivity contribution in [1.29, 1.82) is 0 Å². The molecule has 2 N–H and O–H groups in total. The summed E-state index contributed by atoms with van der Waals surface area (Å²) in [7, 11) is 0. The van der Waals surface area contributed by atoms with Gasteiger partial charge in [0, 0.05) is 30.7 Å². The monoisotopic (exact) mass is 357 g/mol. The third-order valence-corrected chi connectivity index (χ3v) is 5.69. The van der Waals surface area contributed by atoms with E-state index < -0.39 is 0 Å². The van der Waals surface area contributed by atoms with E-state index in [1.165, 1.54) is 19.3 Å². The molecule has 1 aliphatic carbocycles. The number of carbonyl (C=O) groups excluding carboxylic acids is 2. The average Bonchev–Trinajstić information content (AvgIpc) is 2.69. The molecule has 5 heteroatoms. The molecule has 2 aliphatic rings. The van der Waals surface area contributed by atoms with E-state index in [0.717, 1.165) is 43.2 Å².